The second-order valence-electron chi connectivity index (χ2n) is 8.10. The average molecular weight is 396 g/mol. The lowest BCUT2D eigenvalue weighted by atomic mass is 9.98. The lowest BCUT2D eigenvalue weighted by Gasteiger charge is -2.36. The fraction of sp³-hybridized carbons (Fsp3) is 0.545. The van der Waals surface area contributed by atoms with Gasteiger partial charge in [-0.3, -0.25) is 4.90 Å². The number of benzene rings is 1. The summed E-state index contributed by atoms with van der Waals surface area (Å²) < 4.78 is 10.8. The summed E-state index contributed by atoms with van der Waals surface area (Å²) in [6.45, 7) is 4.08. The minimum atomic E-state index is -0.00907. The van der Waals surface area contributed by atoms with E-state index >= 15 is 0 Å². The third kappa shape index (κ3) is 3.47. The van der Waals surface area contributed by atoms with Crippen LogP contribution in [0.1, 0.15) is 41.3 Å². The monoisotopic (exact) mass is 396 g/mol. The highest BCUT2D eigenvalue weighted by Gasteiger charge is 2.41. The molecule has 0 saturated carbocycles. The number of aliphatic hydroxyl groups is 1. The highest BCUT2D eigenvalue weighted by molar-refractivity contribution is 5.39. The summed E-state index contributed by atoms with van der Waals surface area (Å²) in [5.74, 6) is 1.59. The molecule has 3 aliphatic rings. The Bertz CT molecular complexity index is 884. The van der Waals surface area contributed by atoms with Gasteiger partial charge < -0.3 is 19.5 Å². The predicted octanol–water partition coefficient (Wildman–Crippen LogP) is 2.08. The van der Waals surface area contributed by atoms with Gasteiger partial charge in [-0.25, -0.2) is 9.97 Å². The van der Waals surface area contributed by atoms with Crippen molar-refractivity contribution in [1.82, 2.24) is 14.9 Å². The fourth-order valence-corrected chi connectivity index (χ4v) is 4.99. The Labute approximate surface area is 171 Å². The van der Waals surface area contributed by atoms with Crippen LogP contribution >= 0.6 is 0 Å². The van der Waals surface area contributed by atoms with E-state index in [4.69, 9.17) is 19.4 Å². The number of fused-ring (bicyclic) bond motifs is 4. The molecule has 4 heterocycles. The molecule has 2 saturated heterocycles. The quantitative estimate of drug-likeness (QED) is 0.830. The summed E-state index contributed by atoms with van der Waals surface area (Å²) in [4.78, 5) is 14.5. The molecule has 2 bridgehead atoms. The molecule has 2 atom stereocenters. The Morgan fingerprint density at radius 1 is 1.24 bits per heavy atom. The number of morpholine rings is 1. The number of aliphatic hydroxyl groups excluding tert-OH is 1. The van der Waals surface area contributed by atoms with Crippen molar-refractivity contribution in [2.75, 3.05) is 38.3 Å². The van der Waals surface area contributed by atoms with Crippen LogP contribution in [0, 0.1) is 0 Å². The van der Waals surface area contributed by atoms with Crippen LogP contribution in [0.4, 0.5) is 5.95 Å². The summed E-state index contributed by atoms with van der Waals surface area (Å²) in [5.41, 5.74) is 4.55. The number of methoxy groups -OCH3 is 1. The highest BCUT2D eigenvalue weighted by atomic mass is 16.5. The highest BCUT2D eigenvalue weighted by Crippen LogP contribution is 2.44. The number of hydrogen-bond acceptors (Lipinski definition) is 7. The average Bonchev–Trinajstić information content (AvgIpc) is 3.05. The normalized spacial score (nSPS) is 23.9. The third-order valence-electron chi connectivity index (χ3n) is 6.49. The van der Waals surface area contributed by atoms with Crippen molar-refractivity contribution in [3.05, 3.63) is 46.8 Å². The SMILES string of the molecule is COc1ccc(CN2C3CCC2c2cnc(N4CCOCC4)nc2C3)cc1CO. The molecule has 7 heteroatoms. The van der Waals surface area contributed by atoms with E-state index in [2.05, 4.69) is 28.1 Å². The number of hydrogen-bond donors (Lipinski definition) is 1. The number of anilines is 1. The maximum atomic E-state index is 9.64. The van der Waals surface area contributed by atoms with Crippen LogP contribution in [0.5, 0.6) is 5.75 Å². The summed E-state index contributed by atoms with van der Waals surface area (Å²) >= 11 is 0. The lowest BCUT2D eigenvalue weighted by molar-refractivity contribution is 0.122. The maximum absolute atomic E-state index is 9.64. The summed E-state index contributed by atoms with van der Waals surface area (Å²) in [5, 5.41) is 9.64. The van der Waals surface area contributed by atoms with Gasteiger partial charge in [0.2, 0.25) is 5.95 Å². The molecule has 0 aliphatic carbocycles. The van der Waals surface area contributed by atoms with Gasteiger partial charge in [-0.05, 0) is 30.5 Å². The molecule has 2 unspecified atom stereocenters. The molecule has 0 amide bonds. The van der Waals surface area contributed by atoms with Crippen molar-refractivity contribution >= 4 is 5.95 Å². The molecule has 2 aromatic rings. The second-order valence-corrected chi connectivity index (χ2v) is 8.10. The Kier molecular flexibility index (Phi) is 5.11. The predicted molar refractivity (Wildman–Crippen MR) is 109 cm³/mol. The van der Waals surface area contributed by atoms with E-state index in [9.17, 15) is 5.11 Å². The van der Waals surface area contributed by atoms with E-state index in [0.717, 1.165) is 63.0 Å². The van der Waals surface area contributed by atoms with Gasteiger partial charge in [0.05, 0.1) is 32.6 Å². The molecule has 2 fully saturated rings. The van der Waals surface area contributed by atoms with E-state index in [1.165, 1.54) is 23.2 Å². The molecule has 1 aromatic carbocycles. The van der Waals surface area contributed by atoms with Gasteiger partial charge in [0.1, 0.15) is 5.75 Å². The van der Waals surface area contributed by atoms with Gasteiger partial charge in [-0.1, -0.05) is 6.07 Å². The minimum Gasteiger partial charge on any atom is -0.496 e. The molecule has 0 spiro atoms. The van der Waals surface area contributed by atoms with Crippen LogP contribution in [-0.2, 0) is 24.3 Å². The van der Waals surface area contributed by atoms with Gasteiger partial charge in [0.15, 0.2) is 0 Å². The number of nitrogens with zero attached hydrogens (tertiary/aromatic N) is 4. The van der Waals surface area contributed by atoms with Gasteiger partial charge in [-0.15, -0.1) is 0 Å². The van der Waals surface area contributed by atoms with E-state index in [1.54, 1.807) is 7.11 Å². The van der Waals surface area contributed by atoms with Gasteiger partial charge in [0.25, 0.3) is 0 Å². The first-order valence-corrected chi connectivity index (χ1v) is 10.5. The number of aromatic nitrogens is 2. The number of rotatable bonds is 5. The molecule has 1 aromatic heterocycles. The zero-order chi connectivity index (χ0) is 19.8. The molecular formula is C22H28N4O3. The van der Waals surface area contributed by atoms with Crippen molar-refractivity contribution in [2.45, 2.75) is 44.5 Å². The van der Waals surface area contributed by atoms with Crippen molar-refractivity contribution in [2.24, 2.45) is 0 Å². The standard InChI is InChI=1S/C22H28N4O3/c1-28-21-5-2-15(10-16(21)14-27)13-26-17-3-4-20(26)18-12-23-22(24-19(18)11-17)25-6-8-29-9-7-25/h2,5,10,12,17,20,27H,3-4,6-9,11,13-14H2,1H3. The van der Waals surface area contributed by atoms with Crippen molar-refractivity contribution < 1.29 is 14.6 Å². The molecule has 5 rings (SSSR count). The van der Waals surface area contributed by atoms with Crippen LogP contribution in [0.2, 0.25) is 0 Å². The molecule has 0 radical (unpaired) electrons. The summed E-state index contributed by atoms with van der Waals surface area (Å²) in [7, 11) is 1.64. The molecule has 154 valence electrons. The van der Waals surface area contributed by atoms with E-state index in [0.29, 0.717) is 12.1 Å². The molecule has 3 aliphatic heterocycles. The lowest BCUT2D eigenvalue weighted by Crippen LogP contribution is -2.40. The van der Waals surface area contributed by atoms with E-state index in [1.807, 2.05) is 6.07 Å². The second kappa shape index (κ2) is 7.89. The first kappa shape index (κ1) is 18.8. The van der Waals surface area contributed by atoms with Crippen LogP contribution in [0.3, 0.4) is 0 Å². The van der Waals surface area contributed by atoms with E-state index in [-0.39, 0.29) is 6.61 Å². The van der Waals surface area contributed by atoms with Crippen molar-refractivity contribution in [1.29, 1.82) is 0 Å². The zero-order valence-corrected chi connectivity index (χ0v) is 16.9. The molecule has 29 heavy (non-hydrogen) atoms. The van der Waals surface area contributed by atoms with Crippen LogP contribution in [0.15, 0.2) is 24.4 Å². The topological polar surface area (TPSA) is 71.0 Å². The summed E-state index contributed by atoms with van der Waals surface area (Å²) in [6.07, 6.45) is 5.38. The Hall–Kier alpha value is -2.22. The minimum absolute atomic E-state index is 0.00907. The maximum Gasteiger partial charge on any atom is 0.225 e. The first-order chi connectivity index (χ1) is 14.3. The third-order valence-corrected chi connectivity index (χ3v) is 6.49. The number of ether oxygens (including phenoxy) is 2. The molecular weight excluding hydrogens is 368 g/mol. The largest absolute Gasteiger partial charge is 0.496 e. The van der Waals surface area contributed by atoms with Gasteiger partial charge in [-0.2, -0.15) is 0 Å². The van der Waals surface area contributed by atoms with E-state index < -0.39 is 0 Å². The Balaban J connectivity index is 1.37. The van der Waals surface area contributed by atoms with Gasteiger partial charge in [0, 0.05) is 55.5 Å². The van der Waals surface area contributed by atoms with Crippen LogP contribution < -0.4 is 9.64 Å². The van der Waals surface area contributed by atoms with Crippen molar-refractivity contribution in [3.8, 4) is 5.75 Å². The first-order valence-electron chi connectivity index (χ1n) is 10.5. The Morgan fingerprint density at radius 2 is 2.10 bits per heavy atom. The van der Waals surface area contributed by atoms with Crippen LogP contribution in [0.25, 0.3) is 0 Å². The fourth-order valence-electron chi connectivity index (χ4n) is 4.99. The Morgan fingerprint density at radius 3 is 2.90 bits per heavy atom. The van der Waals surface area contributed by atoms with Crippen LogP contribution in [-0.4, -0.2) is 59.4 Å². The van der Waals surface area contributed by atoms with Gasteiger partial charge >= 0.3 is 0 Å². The zero-order valence-electron chi connectivity index (χ0n) is 16.9. The smallest absolute Gasteiger partial charge is 0.225 e. The summed E-state index contributed by atoms with van der Waals surface area (Å²) in [6, 6.07) is 7.01. The van der Waals surface area contributed by atoms with Crippen molar-refractivity contribution in [3.63, 3.8) is 0 Å². The molecule has 1 N–H and O–H groups in total. The molecule has 7 nitrogen and oxygen atoms in total.